The molecule has 21 heavy (non-hydrogen) atoms. The number of rotatable bonds is 5. The Kier molecular flexibility index (Phi) is 5.33. The number of ether oxygens (including phenoxy) is 1. The lowest BCUT2D eigenvalue weighted by Crippen LogP contribution is -2.44. The molecule has 5 heteroatoms. The second kappa shape index (κ2) is 7.22. The van der Waals surface area contributed by atoms with Crippen molar-refractivity contribution < 1.29 is 14.3 Å². The number of nitrogens with zero attached hydrogens (tertiary/aromatic N) is 1. The minimum Gasteiger partial charge on any atom is -0.469 e. The van der Waals surface area contributed by atoms with Gasteiger partial charge in [-0.15, -0.1) is 0 Å². The van der Waals surface area contributed by atoms with E-state index >= 15 is 0 Å². The number of fused-ring (bicyclic) bond motifs is 1. The van der Waals surface area contributed by atoms with Gasteiger partial charge in [0.05, 0.1) is 19.6 Å². The molecule has 1 aromatic rings. The summed E-state index contributed by atoms with van der Waals surface area (Å²) in [7, 11) is 1.38. The van der Waals surface area contributed by atoms with Gasteiger partial charge in [0.15, 0.2) is 0 Å². The number of likely N-dealkylation sites (N-methyl/N-ethyl adjacent to an activating group) is 1. The van der Waals surface area contributed by atoms with Crippen LogP contribution in [0, 0.1) is 0 Å². The summed E-state index contributed by atoms with van der Waals surface area (Å²) in [4.78, 5) is 25.8. The van der Waals surface area contributed by atoms with E-state index in [9.17, 15) is 9.59 Å². The third kappa shape index (κ3) is 3.82. The van der Waals surface area contributed by atoms with Crippen LogP contribution in [-0.2, 0) is 20.7 Å². The second-order valence-electron chi connectivity index (χ2n) is 5.16. The molecule has 0 saturated heterocycles. The molecule has 1 N–H and O–H groups in total. The topological polar surface area (TPSA) is 58.6 Å². The highest BCUT2D eigenvalue weighted by atomic mass is 16.5. The van der Waals surface area contributed by atoms with Gasteiger partial charge in [0.1, 0.15) is 0 Å². The predicted molar refractivity (Wildman–Crippen MR) is 81.1 cm³/mol. The molecule has 1 aliphatic rings. The molecule has 0 fully saturated rings. The van der Waals surface area contributed by atoms with Crippen LogP contribution in [0.4, 0.5) is 5.69 Å². The van der Waals surface area contributed by atoms with Gasteiger partial charge >= 0.3 is 5.97 Å². The molecular weight excluding hydrogens is 268 g/mol. The SMILES string of the molecule is CCN(CCC(=O)OC)C1CCc2ccccc2NC1=O. The van der Waals surface area contributed by atoms with Crippen molar-refractivity contribution in [3.8, 4) is 0 Å². The number of anilines is 1. The summed E-state index contributed by atoms with van der Waals surface area (Å²) in [6, 6.07) is 7.68. The summed E-state index contributed by atoms with van der Waals surface area (Å²) in [5.41, 5.74) is 2.06. The molecular formula is C16H22N2O3. The molecule has 0 aromatic heterocycles. The standard InChI is InChI=1S/C16H22N2O3/c1-3-18(11-10-15(19)21-2)14-9-8-12-6-4-5-7-13(12)17-16(14)20/h4-7,14H,3,8-11H2,1-2H3,(H,17,20). The fourth-order valence-corrected chi connectivity index (χ4v) is 2.72. The molecule has 1 atom stereocenters. The van der Waals surface area contributed by atoms with Gasteiger partial charge in [-0.2, -0.15) is 0 Å². The molecule has 114 valence electrons. The minimum absolute atomic E-state index is 0.00617. The number of hydrogen-bond donors (Lipinski definition) is 1. The first-order valence-corrected chi connectivity index (χ1v) is 7.35. The number of para-hydroxylation sites is 1. The zero-order chi connectivity index (χ0) is 15.2. The molecule has 1 aromatic carbocycles. The van der Waals surface area contributed by atoms with E-state index in [1.165, 1.54) is 7.11 Å². The predicted octanol–water partition coefficient (Wildman–Crippen LogP) is 1.82. The molecule has 0 bridgehead atoms. The Morgan fingerprint density at radius 3 is 2.90 bits per heavy atom. The van der Waals surface area contributed by atoms with Crippen LogP contribution in [0.2, 0.25) is 0 Å². The van der Waals surface area contributed by atoms with Crippen LogP contribution in [0.3, 0.4) is 0 Å². The Balaban J connectivity index is 2.06. The Hall–Kier alpha value is -1.88. The van der Waals surface area contributed by atoms with Crippen molar-refractivity contribution in [2.45, 2.75) is 32.2 Å². The highest BCUT2D eigenvalue weighted by Crippen LogP contribution is 2.23. The lowest BCUT2D eigenvalue weighted by molar-refractivity contribution is -0.141. The maximum atomic E-state index is 12.4. The van der Waals surface area contributed by atoms with Gasteiger partial charge in [-0.1, -0.05) is 25.1 Å². The Morgan fingerprint density at radius 1 is 1.43 bits per heavy atom. The largest absolute Gasteiger partial charge is 0.469 e. The monoisotopic (exact) mass is 290 g/mol. The molecule has 5 nitrogen and oxygen atoms in total. The number of aryl methyl sites for hydroxylation is 1. The van der Waals surface area contributed by atoms with Gasteiger partial charge in [0, 0.05) is 12.2 Å². The van der Waals surface area contributed by atoms with Crippen LogP contribution in [0.1, 0.15) is 25.3 Å². The van der Waals surface area contributed by atoms with Gasteiger partial charge < -0.3 is 10.1 Å². The van der Waals surface area contributed by atoms with Crippen LogP contribution in [0.15, 0.2) is 24.3 Å². The quantitative estimate of drug-likeness (QED) is 0.841. The van der Waals surface area contributed by atoms with Gasteiger partial charge in [-0.05, 0) is 31.0 Å². The molecule has 0 aliphatic carbocycles. The number of hydrogen-bond acceptors (Lipinski definition) is 4. The van der Waals surface area contributed by atoms with Crippen LogP contribution in [0.5, 0.6) is 0 Å². The van der Waals surface area contributed by atoms with Crippen LogP contribution >= 0.6 is 0 Å². The molecule has 1 amide bonds. The molecule has 2 rings (SSSR count). The Labute approximate surface area is 125 Å². The molecule has 1 aliphatic heterocycles. The number of nitrogens with one attached hydrogen (secondary N) is 1. The van der Waals surface area contributed by atoms with E-state index in [-0.39, 0.29) is 17.9 Å². The number of amides is 1. The van der Waals surface area contributed by atoms with Crippen molar-refractivity contribution >= 4 is 17.6 Å². The summed E-state index contributed by atoms with van der Waals surface area (Å²) >= 11 is 0. The van der Waals surface area contributed by atoms with Gasteiger partial charge in [-0.3, -0.25) is 14.5 Å². The van der Waals surface area contributed by atoms with Crippen molar-refractivity contribution in [1.29, 1.82) is 0 Å². The summed E-state index contributed by atoms with van der Waals surface area (Å²) < 4.78 is 4.67. The summed E-state index contributed by atoms with van der Waals surface area (Å²) in [6.07, 6.45) is 1.92. The van der Waals surface area contributed by atoms with E-state index in [2.05, 4.69) is 10.1 Å². The smallest absolute Gasteiger partial charge is 0.306 e. The van der Waals surface area contributed by atoms with Gasteiger partial charge in [0.25, 0.3) is 0 Å². The maximum Gasteiger partial charge on any atom is 0.306 e. The zero-order valence-corrected chi connectivity index (χ0v) is 12.6. The van der Waals surface area contributed by atoms with Crippen molar-refractivity contribution in [3.05, 3.63) is 29.8 Å². The van der Waals surface area contributed by atoms with Gasteiger partial charge in [0.2, 0.25) is 5.91 Å². The van der Waals surface area contributed by atoms with E-state index in [1.54, 1.807) is 0 Å². The van der Waals surface area contributed by atoms with Crippen LogP contribution < -0.4 is 5.32 Å². The lowest BCUT2D eigenvalue weighted by atomic mass is 10.0. The van der Waals surface area contributed by atoms with E-state index in [1.807, 2.05) is 36.1 Å². The van der Waals surface area contributed by atoms with E-state index < -0.39 is 0 Å². The third-order valence-electron chi connectivity index (χ3n) is 3.94. The maximum absolute atomic E-state index is 12.4. The first-order chi connectivity index (χ1) is 10.2. The van der Waals surface area contributed by atoms with Crippen molar-refractivity contribution in [2.24, 2.45) is 0 Å². The number of esters is 1. The Morgan fingerprint density at radius 2 is 2.19 bits per heavy atom. The van der Waals surface area contributed by atoms with E-state index in [0.29, 0.717) is 13.0 Å². The average Bonchev–Trinajstić information content (AvgIpc) is 2.67. The van der Waals surface area contributed by atoms with Crippen molar-refractivity contribution in [1.82, 2.24) is 4.90 Å². The molecule has 1 heterocycles. The van der Waals surface area contributed by atoms with E-state index in [4.69, 9.17) is 0 Å². The molecule has 0 spiro atoms. The normalized spacial score (nSPS) is 17.9. The average molecular weight is 290 g/mol. The van der Waals surface area contributed by atoms with Crippen molar-refractivity contribution in [2.75, 3.05) is 25.5 Å². The minimum atomic E-state index is -0.245. The van der Waals surface area contributed by atoms with Crippen LogP contribution in [-0.4, -0.2) is 43.0 Å². The zero-order valence-electron chi connectivity index (χ0n) is 12.6. The third-order valence-corrected chi connectivity index (χ3v) is 3.94. The molecule has 1 unspecified atom stereocenters. The number of carbonyl (C=O) groups is 2. The summed E-state index contributed by atoms with van der Waals surface area (Å²) in [5, 5.41) is 2.99. The first kappa shape index (κ1) is 15.5. The fourth-order valence-electron chi connectivity index (χ4n) is 2.72. The molecule has 0 radical (unpaired) electrons. The summed E-state index contributed by atoms with van der Waals surface area (Å²) in [5.74, 6) is -0.238. The second-order valence-corrected chi connectivity index (χ2v) is 5.16. The lowest BCUT2D eigenvalue weighted by Gasteiger charge is -2.28. The number of benzene rings is 1. The van der Waals surface area contributed by atoms with E-state index in [0.717, 1.165) is 30.6 Å². The number of carbonyl (C=O) groups excluding carboxylic acids is 2. The first-order valence-electron chi connectivity index (χ1n) is 7.35. The summed E-state index contributed by atoms with van der Waals surface area (Å²) in [6.45, 7) is 3.27. The molecule has 0 saturated carbocycles. The number of methoxy groups -OCH3 is 1. The van der Waals surface area contributed by atoms with Gasteiger partial charge in [-0.25, -0.2) is 0 Å². The van der Waals surface area contributed by atoms with Crippen LogP contribution in [0.25, 0.3) is 0 Å². The highest BCUT2D eigenvalue weighted by Gasteiger charge is 2.28. The Bertz CT molecular complexity index is 516. The van der Waals surface area contributed by atoms with Crippen molar-refractivity contribution in [3.63, 3.8) is 0 Å². The fraction of sp³-hybridized carbons (Fsp3) is 0.500. The highest BCUT2D eigenvalue weighted by molar-refractivity contribution is 5.96.